The van der Waals surface area contributed by atoms with Crippen LogP contribution in [-0.2, 0) is 12.8 Å². The number of para-hydroxylation sites is 1. The lowest BCUT2D eigenvalue weighted by Crippen LogP contribution is -2.41. The molecule has 1 atom stereocenters. The summed E-state index contributed by atoms with van der Waals surface area (Å²) >= 11 is 0. The van der Waals surface area contributed by atoms with Crippen molar-refractivity contribution >= 4 is 11.7 Å². The molecule has 118 valence electrons. The average molecular weight is 292 g/mol. The Morgan fingerprint density at radius 3 is 2.14 bits per heavy atom. The van der Waals surface area contributed by atoms with Crippen molar-refractivity contribution in [3.63, 3.8) is 0 Å². The first-order valence-electron chi connectivity index (χ1n) is 7.63. The van der Waals surface area contributed by atoms with Crippen molar-refractivity contribution in [3.05, 3.63) is 29.3 Å². The van der Waals surface area contributed by atoms with E-state index in [1.807, 2.05) is 39.0 Å². The number of rotatable bonds is 5. The minimum atomic E-state index is -0.574. The monoisotopic (exact) mass is 292 g/mol. The third-order valence-corrected chi connectivity index (χ3v) is 3.69. The lowest BCUT2D eigenvalue weighted by molar-refractivity contribution is 0.0654. The molecule has 2 amide bonds. The van der Waals surface area contributed by atoms with Crippen LogP contribution in [-0.4, -0.2) is 23.8 Å². The van der Waals surface area contributed by atoms with Crippen molar-refractivity contribution in [3.8, 4) is 0 Å². The molecule has 0 fully saturated rings. The van der Waals surface area contributed by atoms with E-state index in [-0.39, 0.29) is 18.0 Å². The number of amides is 2. The number of hydrogen-bond acceptors (Lipinski definition) is 2. The van der Waals surface area contributed by atoms with Crippen LogP contribution in [0.15, 0.2) is 18.2 Å². The highest BCUT2D eigenvalue weighted by molar-refractivity contribution is 5.91. The van der Waals surface area contributed by atoms with Crippen molar-refractivity contribution in [2.75, 3.05) is 11.9 Å². The zero-order valence-electron chi connectivity index (χ0n) is 13.8. The number of nitrogens with one attached hydrogen (secondary N) is 2. The van der Waals surface area contributed by atoms with E-state index in [1.165, 1.54) is 0 Å². The van der Waals surface area contributed by atoms with E-state index in [0.29, 0.717) is 0 Å². The smallest absolute Gasteiger partial charge is 0.319 e. The Morgan fingerprint density at radius 1 is 1.19 bits per heavy atom. The minimum absolute atomic E-state index is 0.241. The van der Waals surface area contributed by atoms with Gasteiger partial charge in [-0.3, -0.25) is 0 Å². The molecule has 21 heavy (non-hydrogen) atoms. The van der Waals surface area contributed by atoms with E-state index in [2.05, 4.69) is 24.5 Å². The molecule has 4 nitrogen and oxygen atoms in total. The lowest BCUT2D eigenvalue weighted by Gasteiger charge is -2.26. The van der Waals surface area contributed by atoms with Crippen LogP contribution in [0.1, 0.15) is 45.7 Å². The number of urea groups is 1. The fourth-order valence-corrected chi connectivity index (χ4v) is 2.06. The SMILES string of the molecule is CCc1cccc(CC)c1NC(=O)NCC(O)C(C)(C)C. The molecule has 0 radical (unpaired) electrons. The Balaban J connectivity index is 2.71. The van der Waals surface area contributed by atoms with Gasteiger partial charge in [0.05, 0.1) is 6.10 Å². The van der Waals surface area contributed by atoms with Crippen LogP contribution in [0.5, 0.6) is 0 Å². The summed E-state index contributed by atoms with van der Waals surface area (Å²) in [5.74, 6) is 0. The third-order valence-electron chi connectivity index (χ3n) is 3.69. The summed E-state index contributed by atoms with van der Waals surface area (Å²) < 4.78 is 0. The summed E-state index contributed by atoms with van der Waals surface area (Å²) in [5.41, 5.74) is 2.90. The zero-order valence-corrected chi connectivity index (χ0v) is 13.8. The maximum absolute atomic E-state index is 12.0. The second-order valence-electron chi connectivity index (χ2n) is 6.38. The van der Waals surface area contributed by atoms with Crippen LogP contribution in [0.25, 0.3) is 0 Å². The highest BCUT2D eigenvalue weighted by Crippen LogP contribution is 2.22. The maximum atomic E-state index is 12.0. The first-order valence-corrected chi connectivity index (χ1v) is 7.63. The van der Waals surface area contributed by atoms with E-state index in [9.17, 15) is 9.90 Å². The molecule has 0 aliphatic carbocycles. The van der Waals surface area contributed by atoms with Gasteiger partial charge < -0.3 is 15.7 Å². The predicted octanol–water partition coefficient (Wildman–Crippen LogP) is 3.34. The van der Waals surface area contributed by atoms with Crippen LogP contribution < -0.4 is 10.6 Å². The molecule has 3 N–H and O–H groups in total. The first-order chi connectivity index (χ1) is 9.79. The standard InChI is InChI=1S/C17H28N2O2/c1-6-12-9-8-10-13(7-2)15(12)19-16(21)18-11-14(20)17(3,4)5/h8-10,14,20H,6-7,11H2,1-5H3,(H2,18,19,21). The molecular formula is C17H28N2O2. The average Bonchev–Trinajstić information content (AvgIpc) is 2.43. The van der Waals surface area contributed by atoms with Gasteiger partial charge in [0.2, 0.25) is 0 Å². The van der Waals surface area contributed by atoms with Crippen molar-refractivity contribution in [1.82, 2.24) is 5.32 Å². The topological polar surface area (TPSA) is 61.4 Å². The fourth-order valence-electron chi connectivity index (χ4n) is 2.06. The van der Waals surface area contributed by atoms with Crippen LogP contribution in [0, 0.1) is 5.41 Å². The molecule has 0 aliphatic rings. The lowest BCUT2D eigenvalue weighted by atomic mass is 9.89. The van der Waals surface area contributed by atoms with Crippen LogP contribution >= 0.6 is 0 Å². The third kappa shape index (κ3) is 5.05. The van der Waals surface area contributed by atoms with Gasteiger partial charge in [0.15, 0.2) is 0 Å². The van der Waals surface area contributed by atoms with Crippen molar-refractivity contribution in [1.29, 1.82) is 0 Å². The quantitative estimate of drug-likeness (QED) is 0.779. The van der Waals surface area contributed by atoms with Crippen LogP contribution in [0.2, 0.25) is 0 Å². The molecule has 1 aromatic carbocycles. The number of hydrogen-bond donors (Lipinski definition) is 3. The van der Waals surface area contributed by atoms with E-state index in [1.54, 1.807) is 0 Å². The largest absolute Gasteiger partial charge is 0.391 e. The Morgan fingerprint density at radius 2 is 1.71 bits per heavy atom. The molecule has 0 aromatic heterocycles. The Bertz CT molecular complexity index is 456. The predicted molar refractivity (Wildman–Crippen MR) is 87.7 cm³/mol. The number of aryl methyl sites for hydroxylation is 2. The summed E-state index contributed by atoms with van der Waals surface area (Å²) in [6, 6.07) is 5.80. The Hall–Kier alpha value is -1.55. The van der Waals surface area contributed by atoms with E-state index >= 15 is 0 Å². The summed E-state index contributed by atoms with van der Waals surface area (Å²) in [6.07, 6.45) is 1.16. The van der Waals surface area contributed by atoms with E-state index < -0.39 is 6.10 Å². The number of carbonyl (C=O) groups is 1. The zero-order chi connectivity index (χ0) is 16.0. The van der Waals surface area contributed by atoms with Gasteiger partial charge >= 0.3 is 6.03 Å². The molecule has 1 unspecified atom stereocenters. The van der Waals surface area contributed by atoms with Crippen molar-refractivity contribution in [2.24, 2.45) is 5.41 Å². The molecule has 0 aliphatic heterocycles. The molecule has 0 saturated carbocycles. The molecule has 1 rings (SSSR count). The minimum Gasteiger partial charge on any atom is -0.391 e. The number of aliphatic hydroxyl groups is 1. The summed E-state index contributed by atoms with van der Waals surface area (Å²) in [5, 5.41) is 15.6. The van der Waals surface area contributed by atoms with Gasteiger partial charge in [-0.05, 0) is 29.4 Å². The number of carbonyl (C=O) groups excluding carboxylic acids is 1. The Labute approximate surface area is 128 Å². The van der Waals surface area contributed by atoms with Gasteiger partial charge in [0.25, 0.3) is 0 Å². The van der Waals surface area contributed by atoms with Crippen LogP contribution in [0.3, 0.4) is 0 Å². The van der Waals surface area contributed by atoms with Gasteiger partial charge in [0, 0.05) is 12.2 Å². The molecule has 0 saturated heterocycles. The normalized spacial score (nSPS) is 12.9. The molecule has 0 heterocycles. The van der Waals surface area contributed by atoms with Gasteiger partial charge in [-0.15, -0.1) is 0 Å². The molecule has 1 aromatic rings. The first kappa shape index (κ1) is 17.5. The van der Waals surface area contributed by atoms with Gasteiger partial charge in [-0.1, -0.05) is 52.8 Å². The molecule has 0 spiro atoms. The molecular weight excluding hydrogens is 264 g/mol. The second-order valence-corrected chi connectivity index (χ2v) is 6.38. The van der Waals surface area contributed by atoms with E-state index in [0.717, 1.165) is 29.7 Å². The summed E-state index contributed by atoms with van der Waals surface area (Å²) in [4.78, 5) is 12.0. The maximum Gasteiger partial charge on any atom is 0.319 e. The van der Waals surface area contributed by atoms with E-state index in [4.69, 9.17) is 0 Å². The number of anilines is 1. The Kier molecular flexibility index (Phi) is 6.21. The van der Waals surface area contributed by atoms with Crippen LogP contribution in [0.4, 0.5) is 10.5 Å². The number of benzene rings is 1. The molecule has 4 heteroatoms. The van der Waals surface area contributed by atoms with Gasteiger partial charge in [-0.2, -0.15) is 0 Å². The van der Waals surface area contributed by atoms with Crippen molar-refractivity contribution in [2.45, 2.75) is 53.6 Å². The highest BCUT2D eigenvalue weighted by atomic mass is 16.3. The van der Waals surface area contributed by atoms with Gasteiger partial charge in [-0.25, -0.2) is 4.79 Å². The van der Waals surface area contributed by atoms with Crippen molar-refractivity contribution < 1.29 is 9.90 Å². The van der Waals surface area contributed by atoms with Gasteiger partial charge in [0.1, 0.15) is 0 Å². The second kappa shape index (κ2) is 7.46. The summed E-state index contributed by atoms with van der Waals surface area (Å²) in [6.45, 7) is 10.2. The fraction of sp³-hybridized carbons (Fsp3) is 0.588. The highest BCUT2D eigenvalue weighted by Gasteiger charge is 2.22. The summed E-state index contributed by atoms with van der Waals surface area (Å²) in [7, 11) is 0. The number of aliphatic hydroxyl groups excluding tert-OH is 1. The molecule has 0 bridgehead atoms.